The van der Waals surface area contributed by atoms with Crippen LogP contribution in [0.1, 0.15) is 19.3 Å². The molecule has 0 aromatic heterocycles. The first-order valence-electron chi connectivity index (χ1n) is 7.18. The van der Waals surface area contributed by atoms with Gasteiger partial charge in [-0.3, -0.25) is 10.1 Å². The van der Waals surface area contributed by atoms with E-state index in [1.807, 2.05) is 6.20 Å². The van der Waals surface area contributed by atoms with Gasteiger partial charge < -0.3 is 4.90 Å². The smallest absolute Gasteiger partial charge is 0.269 e. The number of likely N-dealkylation sites (tertiary alicyclic amines) is 1. The molecule has 1 N–H and O–H groups in total. The van der Waals surface area contributed by atoms with Crippen molar-refractivity contribution in [1.29, 1.82) is 0 Å². The summed E-state index contributed by atoms with van der Waals surface area (Å²) in [4.78, 5) is 11.4. The Balaban J connectivity index is 2.01. The Labute approximate surface area is 129 Å². The standard InChI is InChI=1S/C15H18N2O4S/c18-17(19)14-6-8-15(9-7-14)22(20,21)13-5-4-12-16-10-2-1-3-11-16/h4-9,12-13H,1-3,10-11H2/p+1/b12-4-,13-5+. The Morgan fingerprint density at radius 1 is 1.05 bits per heavy atom. The fraction of sp³-hybridized carbons (Fsp3) is 0.333. The lowest BCUT2D eigenvalue weighted by Crippen LogP contribution is -3.08. The Hall–Kier alpha value is -1.99. The van der Waals surface area contributed by atoms with Gasteiger partial charge in [-0.15, -0.1) is 0 Å². The highest BCUT2D eigenvalue weighted by molar-refractivity contribution is 7.94. The number of non-ortho nitro benzene ring substituents is 1. The molecule has 22 heavy (non-hydrogen) atoms. The van der Waals surface area contributed by atoms with Crippen LogP contribution in [0.5, 0.6) is 0 Å². The van der Waals surface area contributed by atoms with Gasteiger partial charge in [0.05, 0.1) is 29.1 Å². The van der Waals surface area contributed by atoms with E-state index < -0.39 is 14.8 Å². The van der Waals surface area contributed by atoms with Gasteiger partial charge in [-0.05, 0) is 43.5 Å². The third-order valence-corrected chi connectivity index (χ3v) is 5.02. The monoisotopic (exact) mass is 323 g/mol. The van der Waals surface area contributed by atoms with Gasteiger partial charge in [0.25, 0.3) is 5.69 Å². The maximum atomic E-state index is 12.1. The minimum absolute atomic E-state index is 0.0491. The van der Waals surface area contributed by atoms with Crippen molar-refractivity contribution in [2.45, 2.75) is 24.2 Å². The highest BCUT2D eigenvalue weighted by Gasteiger charge is 2.13. The first kappa shape index (κ1) is 16.4. The van der Waals surface area contributed by atoms with E-state index >= 15 is 0 Å². The molecule has 0 bridgehead atoms. The van der Waals surface area contributed by atoms with Crippen molar-refractivity contribution in [3.8, 4) is 0 Å². The molecule has 0 radical (unpaired) electrons. The minimum atomic E-state index is -3.57. The van der Waals surface area contributed by atoms with E-state index in [0.29, 0.717) is 0 Å². The predicted octanol–water partition coefficient (Wildman–Crippen LogP) is 1.46. The number of nitro groups is 1. The number of rotatable bonds is 5. The van der Waals surface area contributed by atoms with Crippen LogP contribution in [0.15, 0.2) is 52.9 Å². The highest BCUT2D eigenvalue weighted by Crippen LogP contribution is 2.17. The largest absolute Gasteiger partial charge is 0.309 e. The van der Waals surface area contributed by atoms with Gasteiger partial charge in [0.2, 0.25) is 0 Å². The lowest BCUT2D eigenvalue weighted by atomic mass is 10.1. The van der Waals surface area contributed by atoms with Gasteiger partial charge in [0.15, 0.2) is 9.84 Å². The molecule has 1 aliphatic rings. The molecule has 1 aromatic carbocycles. The Morgan fingerprint density at radius 2 is 1.68 bits per heavy atom. The second kappa shape index (κ2) is 7.33. The fourth-order valence-corrected chi connectivity index (χ4v) is 3.32. The molecular formula is C15H19N2O4S+. The number of piperidine rings is 1. The summed E-state index contributed by atoms with van der Waals surface area (Å²) >= 11 is 0. The number of benzene rings is 1. The third-order valence-electron chi connectivity index (χ3n) is 3.57. The van der Waals surface area contributed by atoms with Crippen molar-refractivity contribution < 1.29 is 18.2 Å². The Kier molecular flexibility index (Phi) is 5.46. The molecule has 2 rings (SSSR count). The van der Waals surface area contributed by atoms with E-state index in [2.05, 4.69) is 0 Å². The number of allylic oxidation sites excluding steroid dienone is 2. The maximum Gasteiger partial charge on any atom is 0.269 e. The van der Waals surface area contributed by atoms with Crippen LogP contribution in [0.3, 0.4) is 0 Å². The summed E-state index contributed by atoms with van der Waals surface area (Å²) in [5, 5.41) is 11.7. The Bertz CT molecular complexity index is 672. The molecule has 118 valence electrons. The Morgan fingerprint density at radius 3 is 2.27 bits per heavy atom. The first-order valence-corrected chi connectivity index (χ1v) is 8.73. The molecule has 1 fully saturated rings. The molecule has 1 aliphatic heterocycles. The van der Waals surface area contributed by atoms with Crippen molar-refractivity contribution in [1.82, 2.24) is 0 Å². The second-order valence-electron chi connectivity index (χ2n) is 5.20. The minimum Gasteiger partial charge on any atom is -0.309 e. The van der Waals surface area contributed by atoms with Crippen molar-refractivity contribution in [2.24, 2.45) is 0 Å². The van der Waals surface area contributed by atoms with Crippen LogP contribution < -0.4 is 4.90 Å². The van der Waals surface area contributed by atoms with E-state index in [1.165, 1.54) is 54.5 Å². The molecule has 7 heteroatoms. The van der Waals surface area contributed by atoms with Gasteiger partial charge in [0.1, 0.15) is 0 Å². The van der Waals surface area contributed by atoms with Crippen molar-refractivity contribution in [3.63, 3.8) is 0 Å². The SMILES string of the molecule is O=[N+]([O-])c1ccc(S(=O)(=O)/C=C/C=C\[NH+]2CCCCC2)cc1. The molecule has 0 unspecified atom stereocenters. The average Bonchev–Trinajstić information content (AvgIpc) is 2.53. The van der Waals surface area contributed by atoms with Crippen molar-refractivity contribution >= 4 is 15.5 Å². The van der Waals surface area contributed by atoms with Crippen LogP contribution in [0.25, 0.3) is 0 Å². The summed E-state index contributed by atoms with van der Waals surface area (Å²) in [6.07, 6.45) is 8.87. The van der Waals surface area contributed by atoms with E-state index in [0.717, 1.165) is 18.5 Å². The predicted molar refractivity (Wildman–Crippen MR) is 83.1 cm³/mol. The summed E-state index contributed by atoms with van der Waals surface area (Å²) in [7, 11) is -3.57. The van der Waals surface area contributed by atoms with Gasteiger partial charge >= 0.3 is 0 Å². The normalized spacial score (nSPS) is 17.3. The van der Waals surface area contributed by atoms with Gasteiger partial charge in [-0.25, -0.2) is 8.42 Å². The van der Waals surface area contributed by atoms with E-state index in [1.54, 1.807) is 6.08 Å². The van der Waals surface area contributed by atoms with Crippen LogP contribution in [-0.2, 0) is 9.84 Å². The van der Waals surface area contributed by atoms with Gasteiger partial charge in [-0.1, -0.05) is 0 Å². The zero-order chi connectivity index (χ0) is 16.0. The van der Waals surface area contributed by atoms with E-state index in [-0.39, 0.29) is 10.6 Å². The number of nitrogens with zero attached hydrogens (tertiary/aromatic N) is 1. The number of quaternary nitrogens is 1. The lowest BCUT2D eigenvalue weighted by molar-refractivity contribution is -0.852. The molecule has 1 aromatic rings. The number of hydrogen-bond donors (Lipinski definition) is 1. The molecule has 0 amide bonds. The zero-order valence-corrected chi connectivity index (χ0v) is 13.0. The van der Waals surface area contributed by atoms with Gasteiger partial charge in [-0.2, -0.15) is 0 Å². The van der Waals surface area contributed by atoms with Crippen LogP contribution in [-0.4, -0.2) is 26.4 Å². The van der Waals surface area contributed by atoms with Crippen LogP contribution in [0, 0.1) is 10.1 Å². The fourth-order valence-electron chi connectivity index (χ4n) is 2.35. The highest BCUT2D eigenvalue weighted by atomic mass is 32.2. The molecule has 6 nitrogen and oxygen atoms in total. The summed E-state index contributed by atoms with van der Waals surface area (Å²) in [5.41, 5.74) is -0.128. The molecule has 0 saturated carbocycles. The second-order valence-corrected chi connectivity index (χ2v) is 7.04. The lowest BCUT2D eigenvalue weighted by Gasteiger charge is -2.18. The topological polar surface area (TPSA) is 81.7 Å². The number of nitro benzene ring substituents is 1. The molecular weight excluding hydrogens is 304 g/mol. The van der Waals surface area contributed by atoms with Crippen LogP contribution >= 0.6 is 0 Å². The molecule has 0 aliphatic carbocycles. The van der Waals surface area contributed by atoms with Crippen molar-refractivity contribution in [2.75, 3.05) is 13.1 Å². The number of hydrogen-bond acceptors (Lipinski definition) is 4. The molecule has 0 atom stereocenters. The molecule has 1 heterocycles. The van der Waals surface area contributed by atoms with Gasteiger partial charge in [0, 0.05) is 17.5 Å². The number of nitrogens with one attached hydrogen (secondary N) is 1. The first-order chi connectivity index (χ1) is 10.5. The van der Waals surface area contributed by atoms with Crippen LogP contribution in [0.4, 0.5) is 5.69 Å². The number of sulfone groups is 1. The van der Waals surface area contributed by atoms with Crippen molar-refractivity contribution in [3.05, 3.63) is 58.1 Å². The molecule has 0 spiro atoms. The summed E-state index contributed by atoms with van der Waals surface area (Å²) in [5.74, 6) is 0. The van der Waals surface area contributed by atoms with Crippen LogP contribution in [0.2, 0.25) is 0 Å². The average molecular weight is 323 g/mol. The zero-order valence-electron chi connectivity index (χ0n) is 12.1. The summed E-state index contributed by atoms with van der Waals surface area (Å²) < 4.78 is 24.1. The summed E-state index contributed by atoms with van der Waals surface area (Å²) in [6.45, 7) is 2.17. The van der Waals surface area contributed by atoms with E-state index in [9.17, 15) is 18.5 Å². The third kappa shape index (κ3) is 4.51. The molecule has 1 saturated heterocycles. The summed E-state index contributed by atoms with van der Waals surface area (Å²) in [6, 6.07) is 4.87. The van der Waals surface area contributed by atoms with E-state index in [4.69, 9.17) is 0 Å². The quantitative estimate of drug-likeness (QED) is 0.505. The maximum absolute atomic E-state index is 12.1.